The number of benzene rings is 1. The first-order valence-electron chi connectivity index (χ1n) is 13.9. The molecule has 0 saturated carbocycles. The lowest BCUT2D eigenvalue weighted by molar-refractivity contribution is -0.139. The van der Waals surface area contributed by atoms with Crippen molar-refractivity contribution < 1.29 is 9.53 Å². The molecule has 1 heterocycles. The molecule has 3 nitrogen and oxygen atoms in total. The Hall–Kier alpha value is -2.39. The molecule has 1 atom stereocenters. The van der Waals surface area contributed by atoms with Gasteiger partial charge in [0.2, 0.25) is 0 Å². The van der Waals surface area contributed by atoms with Crippen molar-refractivity contribution in [3.05, 3.63) is 82.0 Å². The Labute approximate surface area is 219 Å². The molecule has 2 aliphatic rings. The van der Waals surface area contributed by atoms with E-state index in [0.717, 1.165) is 44.2 Å². The van der Waals surface area contributed by atoms with Crippen molar-refractivity contribution >= 4 is 5.97 Å². The van der Waals surface area contributed by atoms with Crippen LogP contribution in [0.25, 0.3) is 0 Å². The SMILES string of the molecule is CC1=C(CC/C(C)=C/CC/C(C)=C/CCC2=CC(=O)OC2NCCc2ccccc2)C(C)(C)CCC1. The van der Waals surface area contributed by atoms with Gasteiger partial charge in [0.1, 0.15) is 0 Å². The van der Waals surface area contributed by atoms with Gasteiger partial charge in [-0.1, -0.05) is 78.6 Å². The maximum absolute atomic E-state index is 11.8. The van der Waals surface area contributed by atoms with E-state index in [4.69, 9.17) is 4.74 Å². The first kappa shape index (κ1) is 28.2. The van der Waals surface area contributed by atoms with Gasteiger partial charge in [0, 0.05) is 12.6 Å². The molecule has 0 amide bonds. The van der Waals surface area contributed by atoms with Crippen LogP contribution in [0.5, 0.6) is 0 Å². The molecule has 0 radical (unpaired) electrons. The van der Waals surface area contributed by atoms with Gasteiger partial charge < -0.3 is 4.74 Å². The van der Waals surface area contributed by atoms with Crippen molar-refractivity contribution in [2.75, 3.05) is 6.54 Å². The van der Waals surface area contributed by atoms with Gasteiger partial charge in [0.05, 0.1) is 0 Å². The number of allylic oxidation sites excluding steroid dienone is 6. The second kappa shape index (κ2) is 13.8. The van der Waals surface area contributed by atoms with E-state index in [1.54, 1.807) is 17.2 Å². The van der Waals surface area contributed by atoms with Crippen LogP contribution in [0.4, 0.5) is 0 Å². The molecular formula is C33H47NO2. The number of nitrogens with one attached hydrogen (secondary N) is 1. The zero-order valence-corrected chi connectivity index (χ0v) is 23.3. The van der Waals surface area contributed by atoms with Gasteiger partial charge in [-0.25, -0.2) is 4.79 Å². The summed E-state index contributed by atoms with van der Waals surface area (Å²) in [5, 5.41) is 3.40. The molecular weight excluding hydrogens is 442 g/mol. The topological polar surface area (TPSA) is 38.3 Å². The maximum Gasteiger partial charge on any atom is 0.332 e. The lowest BCUT2D eigenvalue weighted by Crippen LogP contribution is -2.33. The molecule has 36 heavy (non-hydrogen) atoms. The van der Waals surface area contributed by atoms with E-state index in [9.17, 15) is 4.79 Å². The zero-order valence-electron chi connectivity index (χ0n) is 23.3. The van der Waals surface area contributed by atoms with Crippen LogP contribution in [-0.4, -0.2) is 18.7 Å². The first-order valence-corrected chi connectivity index (χ1v) is 13.9. The number of rotatable bonds is 13. The molecule has 1 aromatic carbocycles. The van der Waals surface area contributed by atoms with E-state index < -0.39 is 0 Å². The third kappa shape index (κ3) is 8.92. The fraction of sp³-hybridized carbons (Fsp3) is 0.545. The van der Waals surface area contributed by atoms with Crippen LogP contribution in [-0.2, 0) is 16.0 Å². The summed E-state index contributed by atoms with van der Waals surface area (Å²) < 4.78 is 5.47. The molecule has 0 saturated heterocycles. The van der Waals surface area contributed by atoms with Crippen LogP contribution in [0, 0.1) is 5.41 Å². The van der Waals surface area contributed by atoms with Crippen LogP contribution < -0.4 is 5.32 Å². The molecule has 1 aromatic rings. The average Bonchev–Trinajstić information content (AvgIpc) is 3.18. The molecule has 1 aliphatic heterocycles. The minimum atomic E-state index is -0.284. The van der Waals surface area contributed by atoms with E-state index >= 15 is 0 Å². The summed E-state index contributed by atoms with van der Waals surface area (Å²) in [4.78, 5) is 11.8. The normalized spacial score (nSPS) is 20.5. The summed E-state index contributed by atoms with van der Waals surface area (Å²) in [7, 11) is 0. The molecule has 3 heteroatoms. The fourth-order valence-corrected chi connectivity index (χ4v) is 5.61. The lowest BCUT2D eigenvalue weighted by Gasteiger charge is -2.35. The highest BCUT2D eigenvalue weighted by molar-refractivity contribution is 5.85. The van der Waals surface area contributed by atoms with Crippen molar-refractivity contribution in [3.8, 4) is 0 Å². The van der Waals surface area contributed by atoms with Crippen molar-refractivity contribution in [3.63, 3.8) is 0 Å². The van der Waals surface area contributed by atoms with Crippen molar-refractivity contribution in [2.24, 2.45) is 5.41 Å². The van der Waals surface area contributed by atoms with E-state index in [0.29, 0.717) is 5.41 Å². The van der Waals surface area contributed by atoms with Crippen LogP contribution in [0.3, 0.4) is 0 Å². The Morgan fingerprint density at radius 3 is 2.50 bits per heavy atom. The van der Waals surface area contributed by atoms with Gasteiger partial charge in [0.15, 0.2) is 6.23 Å². The smallest absolute Gasteiger partial charge is 0.332 e. The van der Waals surface area contributed by atoms with Gasteiger partial charge in [-0.2, -0.15) is 0 Å². The Kier molecular flexibility index (Phi) is 10.8. The Morgan fingerprint density at radius 2 is 1.75 bits per heavy atom. The summed E-state index contributed by atoms with van der Waals surface area (Å²) in [6, 6.07) is 10.4. The molecule has 0 spiro atoms. The van der Waals surface area contributed by atoms with Crippen LogP contribution in [0.15, 0.2) is 76.4 Å². The monoisotopic (exact) mass is 489 g/mol. The minimum Gasteiger partial charge on any atom is -0.439 e. The predicted molar refractivity (Wildman–Crippen MR) is 152 cm³/mol. The van der Waals surface area contributed by atoms with Gasteiger partial charge in [-0.15, -0.1) is 0 Å². The third-order valence-corrected chi connectivity index (χ3v) is 7.87. The highest BCUT2D eigenvalue weighted by atomic mass is 16.6. The molecule has 0 aromatic heterocycles. The molecule has 1 N–H and O–H groups in total. The highest BCUT2D eigenvalue weighted by Crippen LogP contribution is 2.42. The van der Waals surface area contributed by atoms with Gasteiger partial charge in [-0.3, -0.25) is 5.32 Å². The summed E-state index contributed by atoms with van der Waals surface area (Å²) in [6.07, 6.45) is 17.4. The standard InChI is InChI=1S/C33H47NO2/c1-25(12-9-13-26(2)19-20-30-27(3)15-11-22-33(30,4)5)14-10-18-29-24-31(35)36-32(29)34-23-21-28-16-7-6-8-17-28/h6-8,13-14,16-17,24,32,34H,9-12,15,18-23H2,1-5H3/b25-14+,26-13+. The quantitative estimate of drug-likeness (QED) is 0.223. The number of cyclic esters (lactones) is 1. The summed E-state index contributed by atoms with van der Waals surface area (Å²) in [5.74, 6) is -0.230. The Morgan fingerprint density at radius 1 is 1.03 bits per heavy atom. The second-order valence-corrected chi connectivity index (χ2v) is 11.4. The fourth-order valence-electron chi connectivity index (χ4n) is 5.61. The Bertz CT molecular complexity index is 994. The molecule has 196 valence electrons. The van der Waals surface area contributed by atoms with E-state index in [2.05, 4.69) is 76.4 Å². The molecule has 0 bridgehead atoms. The number of ether oxygens (including phenoxy) is 1. The molecule has 0 fully saturated rings. The lowest BCUT2D eigenvalue weighted by atomic mass is 9.71. The number of carbonyl (C=O) groups excluding carboxylic acids is 1. The summed E-state index contributed by atoms with van der Waals surface area (Å²) >= 11 is 0. The van der Waals surface area contributed by atoms with Gasteiger partial charge in [0.25, 0.3) is 0 Å². The van der Waals surface area contributed by atoms with Crippen molar-refractivity contribution in [2.45, 2.75) is 105 Å². The van der Waals surface area contributed by atoms with Gasteiger partial charge >= 0.3 is 5.97 Å². The number of hydrogen-bond donors (Lipinski definition) is 1. The summed E-state index contributed by atoms with van der Waals surface area (Å²) in [6.45, 7) is 12.5. The van der Waals surface area contributed by atoms with Crippen LogP contribution in [0.2, 0.25) is 0 Å². The van der Waals surface area contributed by atoms with Crippen LogP contribution >= 0.6 is 0 Å². The minimum absolute atomic E-state index is 0.230. The zero-order chi connectivity index (χ0) is 26.0. The highest BCUT2D eigenvalue weighted by Gasteiger charge is 2.27. The van der Waals surface area contributed by atoms with E-state index in [-0.39, 0.29) is 12.2 Å². The number of carbonyl (C=O) groups is 1. The second-order valence-electron chi connectivity index (χ2n) is 11.4. The molecule has 3 rings (SSSR count). The Balaban J connectivity index is 1.37. The van der Waals surface area contributed by atoms with Crippen molar-refractivity contribution in [1.29, 1.82) is 0 Å². The van der Waals surface area contributed by atoms with Crippen LogP contribution in [0.1, 0.15) is 98.0 Å². The number of hydrogen-bond acceptors (Lipinski definition) is 3. The number of esters is 1. The van der Waals surface area contributed by atoms with E-state index in [1.165, 1.54) is 48.8 Å². The first-order chi connectivity index (χ1) is 17.2. The maximum atomic E-state index is 11.8. The summed E-state index contributed by atoms with van der Waals surface area (Å²) in [5.41, 5.74) is 9.00. The van der Waals surface area contributed by atoms with Crippen molar-refractivity contribution in [1.82, 2.24) is 5.32 Å². The molecule has 1 aliphatic carbocycles. The third-order valence-electron chi connectivity index (χ3n) is 7.87. The van der Waals surface area contributed by atoms with Gasteiger partial charge in [-0.05, 0) is 102 Å². The average molecular weight is 490 g/mol. The largest absolute Gasteiger partial charge is 0.439 e. The van der Waals surface area contributed by atoms with E-state index in [1.807, 2.05) is 6.07 Å². The predicted octanol–water partition coefficient (Wildman–Crippen LogP) is 8.39. The molecule has 1 unspecified atom stereocenters.